The Morgan fingerprint density at radius 1 is 0.913 bits per heavy atom. The van der Waals surface area contributed by atoms with Crippen LogP contribution in [-0.4, -0.2) is 15.1 Å². The summed E-state index contributed by atoms with van der Waals surface area (Å²) in [6.45, 7) is 2.06. The van der Waals surface area contributed by atoms with E-state index >= 15 is 0 Å². The second kappa shape index (κ2) is 5.25. The summed E-state index contributed by atoms with van der Waals surface area (Å²) in [6.07, 6.45) is 12.9. The molecule has 0 unspecified atom stereocenters. The van der Waals surface area contributed by atoms with Crippen molar-refractivity contribution in [3.05, 3.63) is 70.8 Å². The number of aryl methyl sites for hydroxylation is 1. The molecule has 4 rings (SSSR count). The average molecular weight is 301 g/mol. The summed E-state index contributed by atoms with van der Waals surface area (Å²) >= 11 is 0. The van der Waals surface area contributed by atoms with E-state index in [2.05, 4.69) is 28.3 Å². The van der Waals surface area contributed by atoms with Gasteiger partial charge in [0.25, 0.3) is 0 Å². The lowest BCUT2D eigenvalue weighted by Gasteiger charge is -2.07. The minimum absolute atomic E-state index is 0.274. The number of aromatic nitrogens is 2. The number of hydrogen-bond donors (Lipinski definition) is 2. The Morgan fingerprint density at radius 3 is 2.52 bits per heavy atom. The third-order valence-corrected chi connectivity index (χ3v) is 4.21. The van der Waals surface area contributed by atoms with Gasteiger partial charge in [0.1, 0.15) is 5.75 Å². The lowest BCUT2D eigenvalue weighted by atomic mass is 9.99. The minimum atomic E-state index is 0.274. The highest BCUT2D eigenvalue weighted by atomic mass is 16.3. The fraction of sp³-hybridized carbons (Fsp3) is 0.0526. The molecule has 4 nitrogen and oxygen atoms in total. The van der Waals surface area contributed by atoms with Crippen LogP contribution in [0.5, 0.6) is 5.75 Å². The van der Waals surface area contributed by atoms with Crippen molar-refractivity contribution >= 4 is 28.6 Å². The first-order chi connectivity index (χ1) is 11.3. The molecule has 2 aromatic heterocycles. The zero-order chi connectivity index (χ0) is 15.8. The van der Waals surface area contributed by atoms with E-state index in [0.717, 1.165) is 37.9 Å². The van der Waals surface area contributed by atoms with Crippen LogP contribution in [0.1, 0.15) is 11.1 Å². The average Bonchev–Trinajstić information content (AvgIpc) is 2.84. The van der Waals surface area contributed by atoms with E-state index in [0.29, 0.717) is 0 Å². The smallest absolute Gasteiger partial charge is 0.132 e. The Hall–Kier alpha value is -3.14. The van der Waals surface area contributed by atoms with E-state index in [1.165, 1.54) is 0 Å². The Kier molecular flexibility index (Phi) is 3.08. The number of nitrogens with zero attached hydrogens (tertiary/aromatic N) is 2. The zero-order valence-electron chi connectivity index (χ0n) is 12.6. The summed E-state index contributed by atoms with van der Waals surface area (Å²) in [5.41, 5.74) is 3.20. The van der Waals surface area contributed by atoms with Crippen LogP contribution in [0.2, 0.25) is 0 Å². The molecule has 0 saturated heterocycles. The van der Waals surface area contributed by atoms with Gasteiger partial charge in [0.05, 0.1) is 0 Å². The van der Waals surface area contributed by atoms with Crippen molar-refractivity contribution in [3.8, 4) is 5.75 Å². The largest absolute Gasteiger partial charge is 0.507 e. The van der Waals surface area contributed by atoms with Crippen LogP contribution >= 0.6 is 0 Å². The van der Waals surface area contributed by atoms with Crippen molar-refractivity contribution in [1.82, 2.24) is 15.3 Å². The third-order valence-electron chi connectivity index (χ3n) is 4.21. The summed E-state index contributed by atoms with van der Waals surface area (Å²) in [5.74, 6) is 0.274. The van der Waals surface area contributed by atoms with Crippen LogP contribution < -0.4 is 15.8 Å². The van der Waals surface area contributed by atoms with Crippen LogP contribution in [0.3, 0.4) is 0 Å². The van der Waals surface area contributed by atoms with Crippen molar-refractivity contribution in [1.29, 1.82) is 0 Å². The molecule has 0 fully saturated rings. The maximum absolute atomic E-state index is 10.6. The summed E-state index contributed by atoms with van der Waals surface area (Å²) in [7, 11) is 0. The van der Waals surface area contributed by atoms with Gasteiger partial charge in [-0.1, -0.05) is 0 Å². The molecule has 23 heavy (non-hydrogen) atoms. The van der Waals surface area contributed by atoms with Gasteiger partial charge in [-0.3, -0.25) is 9.97 Å². The highest BCUT2D eigenvalue weighted by Gasteiger charge is 2.10. The molecule has 3 heterocycles. The molecule has 112 valence electrons. The molecule has 0 amide bonds. The zero-order valence-corrected chi connectivity index (χ0v) is 12.6. The van der Waals surface area contributed by atoms with Gasteiger partial charge in [-0.2, -0.15) is 0 Å². The highest BCUT2D eigenvalue weighted by molar-refractivity contribution is 5.94. The van der Waals surface area contributed by atoms with E-state index < -0.39 is 0 Å². The lowest BCUT2D eigenvalue weighted by Crippen LogP contribution is -2.29. The molecule has 0 atom stereocenters. The van der Waals surface area contributed by atoms with E-state index in [9.17, 15) is 5.11 Å². The second-order valence-corrected chi connectivity index (χ2v) is 5.51. The van der Waals surface area contributed by atoms with Crippen molar-refractivity contribution in [2.24, 2.45) is 0 Å². The first kappa shape index (κ1) is 13.5. The van der Waals surface area contributed by atoms with Gasteiger partial charge in [-0.05, 0) is 53.1 Å². The van der Waals surface area contributed by atoms with Gasteiger partial charge in [0.2, 0.25) is 0 Å². The van der Waals surface area contributed by atoms with E-state index in [4.69, 9.17) is 0 Å². The van der Waals surface area contributed by atoms with Gasteiger partial charge in [0, 0.05) is 53.2 Å². The number of rotatable bonds is 1. The van der Waals surface area contributed by atoms with Crippen LogP contribution in [0.25, 0.3) is 28.6 Å². The third kappa shape index (κ3) is 2.16. The number of fused-ring (bicyclic) bond motifs is 2. The fourth-order valence-corrected chi connectivity index (χ4v) is 2.97. The molecule has 1 aromatic carbocycles. The molecule has 3 aromatic rings. The fourth-order valence-electron chi connectivity index (χ4n) is 2.97. The van der Waals surface area contributed by atoms with E-state index in [-0.39, 0.29) is 5.75 Å². The molecule has 0 radical (unpaired) electrons. The van der Waals surface area contributed by atoms with Gasteiger partial charge < -0.3 is 10.4 Å². The SMILES string of the molecule is Cc1c2c(c(O)c3ccncc13)=CNC=C(c1ccncc1)C=2. The monoisotopic (exact) mass is 301 g/mol. The summed E-state index contributed by atoms with van der Waals surface area (Å²) < 4.78 is 0. The number of phenolic OH excluding ortho intramolecular Hbond substituents is 1. The number of aromatic hydroxyl groups is 1. The Balaban J connectivity index is 2.08. The van der Waals surface area contributed by atoms with Crippen LogP contribution in [0, 0.1) is 6.92 Å². The molecule has 0 bridgehead atoms. The van der Waals surface area contributed by atoms with E-state index in [1.54, 1.807) is 24.8 Å². The van der Waals surface area contributed by atoms with Crippen LogP contribution in [-0.2, 0) is 0 Å². The van der Waals surface area contributed by atoms with Gasteiger partial charge >= 0.3 is 0 Å². The summed E-state index contributed by atoms with van der Waals surface area (Å²) in [6, 6.07) is 5.77. The van der Waals surface area contributed by atoms with Crippen molar-refractivity contribution in [2.45, 2.75) is 6.92 Å². The number of benzene rings is 1. The second-order valence-electron chi connectivity index (χ2n) is 5.51. The molecular formula is C19H15N3O. The summed E-state index contributed by atoms with van der Waals surface area (Å²) in [4.78, 5) is 8.25. The van der Waals surface area contributed by atoms with Crippen LogP contribution in [0.15, 0.2) is 49.2 Å². The molecule has 0 aliphatic carbocycles. The quantitative estimate of drug-likeness (QED) is 0.720. The molecule has 4 heteroatoms. The lowest BCUT2D eigenvalue weighted by molar-refractivity contribution is 0.476. The molecule has 1 aliphatic heterocycles. The van der Waals surface area contributed by atoms with Crippen molar-refractivity contribution in [2.75, 3.05) is 0 Å². The Labute approximate surface area is 133 Å². The number of allylic oxidation sites excluding steroid dienone is 1. The molecule has 2 N–H and O–H groups in total. The number of phenols is 1. The highest BCUT2D eigenvalue weighted by Crippen LogP contribution is 2.22. The van der Waals surface area contributed by atoms with Gasteiger partial charge in [-0.25, -0.2) is 0 Å². The van der Waals surface area contributed by atoms with E-state index in [1.807, 2.05) is 30.6 Å². The first-order valence-electron chi connectivity index (χ1n) is 7.39. The van der Waals surface area contributed by atoms with Crippen molar-refractivity contribution < 1.29 is 5.11 Å². The Bertz CT molecular complexity index is 1050. The van der Waals surface area contributed by atoms with Crippen molar-refractivity contribution in [3.63, 3.8) is 0 Å². The number of nitrogens with one attached hydrogen (secondary N) is 1. The Morgan fingerprint density at radius 2 is 1.70 bits per heavy atom. The predicted molar refractivity (Wildman–Crippen MR) is 91.7 cm³/mol. The van der Waals surface area contributed by atoms with Gasteiger partial charge in [0.15, 0.2) is 0 Å². The molecule has 0 spiro atoms. The molecule has 0 saturated carbocycles. The minimum Gasteiger partial charge on any atom is -0.507 e. The van der Waals surface area contributed by atoms with Gasteiger partial charge in [-0.15, -0.1) is 0 Å². The maximum Gasteiger partial charge on any atom is 0.132 e. The summed E-state index contributed by atoms with van der Waals surface area (Å²) in [5, 5.41) is 17.4. The number of pyridine rings is 2. The first-order valence-corrected chi connectivity index (χ1v) is 7.39. The standard InChI is InChI=1S/C19H15N3O/c1-12-16-8-14(13-2-5-20-6-3-13)9-22-11-18(16)19(23)15-4-7-21-10-17(12)15/h2-11,22-23H,1H3. The number of hydrogen-bond acceptors (Lipinski definition) is 4. The van der Waals surface area contributed by atoms with Crippen LogP contribution in [0.4, 0.5) is 0 Å². The predicted octanol–water partition coefficient (Wildman–Crippen LogP) is 1.81. The normalized spacial score (nSPS) is 13.2. The maximum atomic E-state index is 10.6. The molecular weight excluding hydrogens is 286 g/mol. The molecule has 1 aliphatic rings. The topological polar surface area (TPSA) is 58.0 Å².